The second kappa shape index (κ2) is 6.49. The van der Waals surface area contributed by atoms with Crippen LogP contribution in [0.1, 0.15) is 27.4 Å². The first-order valence-corrected chi connectivity index (χ1v) is 7.23. The number of carbonyl (C=O) groups is 1. The van der Waals surface area contributed by atoms with Gasteiger partial charge in [0.15, 0.2) is 5.78 Å². The van der Waals surface area contributed by atoms with Crippen molar-refractivity contribution in [3.63, 3.8) is 0 Å². The summed E-state index contributed by atoms with van der Waals surface area (Å²) in [6.07, 6.45) is 0. The van der Waals surface area contributed by atoms with Gasteiger partial charge in [0.05, 0.1) is 11.1 Å². The van der Waals surface area contributed by atoms with Crippen molar-refractivity contribution in [1.82, 2.24) is 0 Å². The minimum atomic E-state index is -1.09. The van der Waals surface area contributed by atoms with E-state index in [1.807, 2.05) is 13.0 Å². The molecule has 0 aromatic heterocycles. The van der Waals surface area contributed by atoms with E-state index >= 15 is 0 Å². The number of benzene rings is 2. The van der Waals surface area contributed by atoms with Gasteiger partial charge >= 0.3 is 0 Å². The highest BCUT2D eigenvalue weighted by Crippen LogP contribution is 2.34. The lowest BCUT2D eigenvalue weighted by molar-refractivity contribution is 0.0979. The Hall–Kier alpha value is -1.53. The van der Waals surface area contributed by atoms with Crippen LogP contribution in [0.4, 0.5) is 0 Å². The van der Waals surface area contributed by atoms with Gasteiger partial charge in [-0.1, -0.05) is 46.9 Å². The zero-order valence-corrected chi connectivity index (χ0v) is 13.3. The molecule has 0 fully saturated rings. The number of aryl methyl sites for hydroxylation is 1. The summed E-state index contributed by atoms with van der Waals surface area (Å²) >= 11 is 18.3. The van der Waals surface area contributed by atoms with Crippen LogP contribution in [-0.2, 0) is 0 Å². The molecule has 0 aliphatic heterocycles. The fraction of sp³-hybridized carbons (Fsp3) is 0.125. The molecule has 5 heteroatoms. The van der Waals surface area contributed by atoms with Crippen LogP contribution in [0.25, 0.3) is 0 Å². The quantitative estimate of drug-likeness (QED) is 0.699. The molecule has 0 heterocycles. The number of ketones is 1. The van der Waals surface area contributed by atoms with E-state index in [0.717, 1.165) is 5.56 Å². The van der Waals surface area contributed by atoms with Gasteiger partial charge in [-0.3, -0.25) is 4.79 Å². The van der Waals surface area contributed by atoms with Gasteiger partial charge in [0, 0.05) is 21.2 Å². The van der Waals surface area contributed by atoms with Crippen molar-refractivity contribution in [2.75, 3.05) is 0 Å². The van der Waals surface area contributed by atoms with Crippen molar-refractivity contribution in [1.29, 1.82) is 5.26 Å². The molecule has 106 valence electrons. The largest absolute Gasteiger partial charge is 0.292 e. The molecule has 1 atom stereocenters. The van der Waals surface area contributed by atoms with E-state index in [1.54, 1.807) is 36.4 Å². The van der Waals surface area contributed by atoms with Crippen LogP contribution >= 0.6 is 34.8 Å². The van der Waals surface area contributed by atoms with E-state index in [-0.39, 0.29) is 15.6 Å². The van der Waals surface area contributed by atoms with Gasteiger partial charge in [0.2, 0.25) is 0 Å². The summed E-state index contributed by atoms with van der Waals surface area (Å²) in [7, 11) is 0. The predicted octanol–water partition coefficient (Wildman–Crippen LogP) is 5.45. The minimum Gasteiger partial charge on any atom is -0.292 e. The highest BCUT2D eigenvalue weighted by molar-refractivity contribution is 6.37. The number of rotatable bonds is 3. The highest BCUT2D eigenvalue weighted by atomic mass is 35.5. The number of hydrogen-bond donors (Lipinski definition) is 0. The number of nitriles is 1. The van der Waals surface area contributed by atoms with E-state index < -0.39 is 11.7 Å². The first-order chi connectivity index (χ1) is 9.95. The third-order valence-electron chi connectivity index (χ3n) is 3.07. The van der Waals surface area contributed by atoms with E-state index in [9.17, 15) is 10.1 Å². The van der Waals surface area contributed by atoms with Crippen molar-refractivity contribution >= 4 is 40.6 Å². The molecular weight excluding hydrogens is 329 g/mol. The van der Waals surface area contributed by atoms with Crippen molar-refractivity contribution in [2.45, 2.75) is 12.8 Å². The molecule has 0 aliphatic carbocycles. The third kappa shape index (κ3) is 3.22. The van der Waals surface area contributed by atoms with Crippen LogP contribution in [0.2, 0.25) is 15.1 Å². The Balaban J connectivity index is 2.52. The Labute approximate surface area is 137 Å². The summed E-state index contributed by atoms with van der Waals surface area (Å²) < 4.78 is 0. The van der Waals surface area contributed by atoms with Gasteiger partial charge in [-0.15, -0.1) is 0 Å². The molecule has 0 saturated heterocycles. The van der Waals surface area contributed by atoms with Crippen LogP contribution in [0.5, 0.6) is 0 Å². The van der Waals surface area contributed by atoms with E-state index in [1.165, 1.54) is 0 Å². The van der Waals surface area contributed by atoms with Gasteiger partial charge in [0.25, 0.3) is 0 Å². The molecule has 0 radical (unpaired) electrons. The van der Waals surface area contributed by atoms with E-state index in [0.29, 0.717) is 10.6 Å². The molecule has 1 unspecified atom stereocenters. The molecule has 2 rings (SSSR count). The molecule has 2 aromatic carbocycles. The second-order valence-electron chi connectivity index (χ2n) is 4.54. The number of carbonyl (C=O) groups excluding carboxylic acids is 1. The summed E-state index contributed by atoms with van der Waals surface area (Å²) in [6, 6.07) is 11.9. The normalized spacial score (nSPS) is 11.8. The average molecular weight is 339 g/mol. The first-order valence-electron chi connectivity index (χ1n) is 6.09. The van der Waals surface area contributed by atoms with Gasteiger partial charge in [0.1, 0.15) is 5.92 Å². The van der Waals surface area contributed by atoms with E-state index in [4.69, 9.17) is 34.8 Å². The second-order valence-corrected chi connectivity index (χ2v) is 5.77. The minimum absolute atomic E-state index is 0.282. The van der Waals surface area contributed by atoms with Gasteiger partial charge in [-0.05, 0) is 36.8 Å². The fourth-order valence-corrected chi connectivity index (χ4v) is 2.96. The lowest BCUT2D eigenvalue weighted by Gasteiger charge is -2.13. The maximum Gasteiger partial charge on any atom is 0.186 e. The Morgan fingerprint density at radius 2 is 1.71 bits per heavy atom. The van der Waals surface area contributed by atoms with Crippen molar-refractivity contribution in [2.24, 2.45) is 0 Å². The maximum atomic E-state index is 12.6. The lowest BCUT2D eigenvalue weighted by Crippen LogP contribution is -2.13. The molecule has 21 heavy (non-hydrogen) atoms. The molecule has 2 nitrogen and oxygen atoms in total. The number of hydrogen-bond acceptors (Lipinski definition) is 2. The summed E-state index contributed by atoms with van der Waals surface area (Å²) in [6.45, 7) is 1.87. The van der Waals surface area contributed by atoms with E-state index in [2.05, 4.69) is 0 Å². The molecular formula is C16H10Cl3NO. The number of halogens is 3. The SMILES string of the molecule is Cc1ccc(C(=O)C(C#N)c2c(Cl)cccc2Cl)c(Cl)c1. The van der Waals surface area contributed by atoms with Crippen LogP contribution in [-0.4, -0.2) is 5.78 Å². The third-order valence-corrected chi connectivity index (χ3v) is 4.04. The highest BCUT2D eigenvalue weighted by Gasteiger charge is 2.27. The summed E-state index contributed by atoms with van der Waals surface area (Å²) in [5.74, 6) is -1.51. The Morgan fingerprint density at radius 3 is 2.24 bits per heavy atom. The van der Waals surface area contributed by atoms with Crippen molar-refractivity contribution < 1.29 is 4.79 Å². The smallest absolute Gasteiger partial charge is 0.186 e. The zero-order valence-electron chi connectivity index (χ0n) is 11.0. The molecule has 2 aromatic rings. The molecule has 0 N–H and O–H groups in total. The summed E-state index contributed by atoms with van der Waals surface area (Å²) in [4.78, 5) is 12.6. The molecule has 0 spiro atoms. The monoisotopic (exact) mass is 337 g/mol. The first kappa shape index (κ1) is 15.9. The van der Waals surface area contributed by atoms with Crippen LogP contribution in [0.15, 0.2) is 36.4 Å². The van der Waals surface area contributed by atoms with Gasteiger partial charge < -0.3 is 0 Å². The van der Waals surface area contributed by atoms with Gasteiger partial charge in [-0.25, -0.2) is 0 Å². The fourth-order valence-electron chi connectivity index (χ4n) is 2.02. The number of Topliss-reactive ketones (excluding diaryl/α,β-unsaturated/α-hetero) is 1. The summed E-state index contributed by atoms with van der Waals surface area (Å²) in [5.41, 5.74) is 1.52. The standard InChI is InChI=1S/C16H10Cl3NO/c1-9-5-6-10(14(19)7-9)16(21)11(8-20)15-12(17)3-2-4-13(15)18/h2-7,11H,1H3. The lowest BCUT2D eigenvalue weighted by atomic mass is 9.91. The summed E-state index contributed by atoms with van der Waals surface area (Å²) in [5, 5.41) is 10.2. The average Bonchev–Trinajstić information content (AvgIpc) is 2.42. The maximum absolute atomic E-state index is 12.6. The Kier molecular flexibility index (Phi) is 4.90. The molecule has 0 aliphatic rings. The topological polar surface area (TPSA) is 40.9 Å². The molecule has 0 bridgehead atoms. The van der Waals surface area contributed by atoms with Gasteiger partial charge in [-0.2, -0.15) is 5.26 Å². The van der Waals surface area contributed by atoms with Crippen molar-refractivity contribution in [3.05, 3.63) is 68.2 Å². The van der Waals surface area contributed by atoms with Crippen LogP contribution < -0.4 is 0 Å². The number of nitrogens with zero attached hydrogens (tertiary/aromatic N) is 1. The molecule has 0 saturated carbocycles. The van der Waals surface area contributed by atoms with Crippen LogP contribution in [0, 0.1) is 18.3 Å². The van der Waals surface area contributed by atoms with Crippen molar-refractivity contribution in [3.8, 4) is 6.07 Å². The van der Waals surface area contributed by atoms with Crippen LogP contribution in [0.3, 0.4) is 0 Å². The zero-order chi connectivity index (χ0) is 15.6. The predicted molar refractivity (Wildman–Crippen MR) is 85.3 cm³/mol. The Morgan fingerprint density at radius 1 is 1.10 bits per heavy atom. The molecule has 0 amide bonds. The Bertz CT molecular complexity index is 729.